The van der Waals surface area contributed by atoms with Crippen molar-refractivity contribution in [2.24, 2.45) is 0 Å². The fourth-order valence-electron chi connectivity index (χ4n) is 6.02. The van der Waals surface area contributed by atoms with Gasteiger partial charge in [-0.2, -0.15) is 0 Å². The van der Waals surface area contributed by atoms with E-state index in [1.165, 1.54) is 5.56 Å². The van der Waals surface area contributed by atoms with Gasteiger partial charge in [-0.25, -0.2) is 4.79 Å². The predicted octanol–water partition coefficient (Wildman–Crippen LogP) is 8.77. The van der Waals surface area contributed by atoms with E-state index in [2.05, 4.69) is 67.4 Å². The van der Waals surface area contributed by atoms with Gasteiger partial charge in [0, 0.05) is 46.0 Å². The van der Waals surface area contributed by atoms with Gasteiger partial charge in [0.1, 0.15) is 11.5 Å². The molecule has 5 aromatic rings. The van der Waals surface area contributed by atoms with E-state index in [1.807, 2.05) is 72.8 Å². The third-order valence-electron chi connectivity index (χ3n) is 8.07. The van der Waals surface area contributed by atoms with E-state index in [4.69, 9.17) is 9.47 Å². The fourth-order valence-corrected chi connectivity index (χ4v) is 6.02. The van der Waals surface area contributed by atoms with Gasteiger partial charge in [-0.15, -0.1) is 0 Å². The molecular formula is C36H30N2O3. The number of rotatable bonds is 5. The molecule has 1 atom stereocenters. The summed E-state index contributed by atoms with van der Waals surface area (Å²) >= 11 is 0. The molecule has 0 aromatic heterocycles. The van der Waals surface area contributed by atoms with Gasteiger partial charge in [0.05, 0.1) is 5.56 Å². The van der Waals surface area contributed by atoms with Gasteiger partial charge in [-0.1, -0.05) is 54.1 Å². The summed E-state index contributed by atoms with van der Waals surface area (Å²) in [6.07, 6.45) is 0. The first-order valence-corrected chi connectivity index (χ1v) is 13.9. The molecule has 0 saturated heterocycles. The Hall–Kier alpha value is -5.03. The van der Waals surface area contributed by atoms with Gasteiger partial charge in [0.25, 0.3) is 0 Å². The van der Waals surface area contributed by atoms with E-state index < -0.39 is 5.60 Å². The topological polar surface area (TPSA) is 50.8 Å². The van der Waals surface area contributed by atoms with Crippen LogP contribution in [0, 0.1) is 13.8 Å². The quantitative estimate of drug-likeness (QED) is 0.227. The van der Waals surface area contributed by atoms with Crippen LogP contribution in [0.25, 0.3) is 0 Å². The largest absolute Gasteiger partial charge is 0.456 e. The first-order chi connectivity index (χ1) is 20.0. The molecule has 5 heteroatoms. The summed E-state index contributed by atoms with van der Waals surface area (Å²) in [6.45, 7) is 7.04. The number of hydrogen-bond acceptors (Lipinski definition) is 5. The average Bonchev–Trinajstić information content (AvgIpc) is 3.28. The highest BCUT2D eigenvalue weighted by molar-refractivity contribution is 5.98. The van der Waals surface area contributed by atoms with Crippen LogP contribution in [0.3, 0.4) is 0 Å². The summed E-state index contributed by atoms with van der Waals surface area (Å²) in [4.78, 5) is 15.8. The number of nitrogens with zero attached hydrogens (tertiary/aromatic N) is 1. The lowest BCUT2D eigenvalue weighted by molar-refractivity contribution is 0.0224. The Morgan fingerprint density at radius 2 is 1.46 bits per heavy atom. The first kappa shape index (κ1) is 25.0. The van der Waals surface area contributed by atoms with Gasteiger partial charge in [0.2, 0.25) is 0 Å². The fraction of sp³-hybridized carbons (Fsp3) is 0.139. The van der Waals surface area contributed by atoms with Crippen molar-refractivity contribution in [3.05, 3.63) is 143 Å². The maximum absolute atomic E-state index is 13.6. The third-order valence-corrected chi connectivity index (χ3v) is 8.07. The van der Waals surface area contributed by atoms with Crippen molar-refractivity contribution in [3.63, 3.8) is 0 Å². The first-order valence-electron chi connectivity index (χ1n) is 13.9. The van der Waals surface area contributed by atoms with Crippen LogP contribution in [-0.4, -0.2) is 12.5 Å². The number of aryl methyl sites for hydroxylation is 2. The number of ether oxygens (including phenoxy) is 2. The summed E-state index contributed by atoms with van der Waals surface area (Å²) < 4.78 is 12.9. The van der Waals surface area contributed by atoms with Gasteiger partial charge in [-0.05, 0) is 87.0 Å². The maximum atomic E-state index is 13.6. The maximum Gasteiger partial charge on any atom is 0.340 e. The van der Waals surface area contributed by atoms with Crippen molar-refractivity contribution in [1.82, 2.24) is 0 Å². The monoisotopic (exact) mass is 538 g/mol. The normalized spacial score (nSPS) is 16.3. The summed E-state index contributed by atoms with van der Waals surface area (Å²) in [7, 11) is 0. The molecule has 0 radical (unpaired) electrons. The summed E-state index contributed by atoms with van der Waals surface area (Å²) in [5, 5.41) is 3.55. The lowest BCUT2D eigenvalue weighted by atomic mass is 9.77. The Morgan fingerprint density at radius 3 is 2.24 bits per heavy atom. The van der Waals surface area contributed by atoms with Crippen LogP contribution < -0.4 is 15.0 Å². The Balaban J connectivity index is 1.44. The predicted molar refractivity (Wildman–Crippen MR) is 163 cm³/mol. The number of nitrogens with one attached hydrogen (secondary N) is 1. The Bertz CT molecular complexity index is 1800. The molecule has 41 heavy (non-hydrogen) atoms. The highest BCUT2D eigenvalue weighted by Gasteiger charge is 2.54. The highest BCUT2D eigenvalue weighted by atomic mass is 16.6. The molecule has 2 aliphatic rings. The minimum absolute atomic E-state index is 0.342. The number of carbonyl (C=O) groups excluding carboxylic acids is 1. The molecule has 7 rings (SSSR count). The molecule has 0 saturated carbocycles. The second kappa shape index (κ2) is 9.56. The Morgan fingerprint density at radius 1 is 0.732 bits per heavy atom. The van der Waals surface area contributed by atoms with Crippen molar-refractivity contribution < 1.29 is 14.3 Å². The lowest BCUT2D eigenvalue weighted by Crippen LogP contribution is -2.33. The van der Waals surface area contributed by atoms with Crippen LogP contribution in [0.4, 0.5) is 22.7 Å². The average molecular weight is 539 g/mol. The van der Waals surface area contributed by atoms with Gasteiger partial charge < -0.3 is 19.7 Å². The Kier molecular flexibility index (Phi) is 5.82. The number of para-hydroxylation sites is 2. The minimum Gasteiger partial charge on any atom is -0.456 e. The molecule has 2 heterocycles. The van der Waals surface area contributed by atoms with Crippen molar-refractivity contribution in [1.29, 1.82) is 0 Å². The van der Waals surface area contributed by atoms with E-state index >= 15 is 0 Å². The zero-order chi connectivity index (χ0) is 28.1. The standard InChI is InChI=1S/C36H30N2O3/c1-4-38(26-16-14-23(2)15-17-26)27-18-19-28-30(21-27)36(41-35(28)39)29-12-8-9-13-33(29)40-34-20-24(3)32(22-31(34)36)37-25-10-6-5-7-11-25/h5-22,37H,4H2,1-3H3. The smallest absolute Gasteiger partial charge is 0.340 e. The van der Waals surface area contributed by atoms with E-state index in [1.54, 1.807) is 0 Å². The summed E-state index contributed by atoms with van der Waals surface area (Å²) in [5.74, 6) is 1.02. The third kappa shape index (κ3) is 3.96. The SMILES string of the molecule is CCN(c1ccc(C)cc1)c1ccc2c(c1)C1(OC2=O)c2ccccc2Oc2cc(C)c(Nc3ccccc3)cc21. The number of benzene rings is 5. The van der Waals surface area contributed by atoms with Gasteiger partial charge >= 0.3 is 5.97 Å². The van der Waals surface area contributed by atoms with E-state index in [0.29, 0.717) is 17.1 Å². The lowest BCUT2D eigenvalue weighted by Gasteiger charge is -2.37. The molecule has 5 aromatic carbocycles. The van der Waals surface area contributed by atoms with Crippen molar-refractivity contribution in [2.45, 2.75) is 26.4 Å². The van der Waals surface area contributed by atoms with E-state index in [-0.39, 0.29) is 5.97 Å². The van der Waals surface area contributed by atoms with Crippen LogP contribution in [0.2, 0.25) is 0 Å². The molecule has 1 N–H and O–H groups in total. The molecule has 2 aliphatic heterocycles. The highest BCUT2D eigenvalue weighted by Crippen LogP contribution is 2.57. The molecule has 1 unspecified atom stereocenters. The van der Waals surface area contributed by atoms with Crippen molar-refractivity contribution in [2.75, 3.05) is 16.8 Å². The molecule has 202 valence electrons. The Labute approximate surface area is 240 Å². The number of carbonyl (C=O) groups is 1. The number of esters is 1. The second-order valence-electron chi connectivity index (χ2n) is 10.6. The molecular weight excluding hydrogens is 508 g/mol. The number of fused-ring (bicyclic) bond motifs is 6. The second-order valence-corrected chi connectivity index (χ2v) is 10.6. The van der Waals surface area contributed by atoms with Crippen LogP contribution in [0.15, 0.2) is 109 Å². The minimum atomic E-state index is -1.15. The summed E-state index contributed by atoms with van der Waals surface area (Å²) in [6, 6.07) is 36.5. The zero-order valence-electron chi connectivity index (χ0n) is 23.3. The van der Waals surface area contributed by atoms with E-state index in [0.717, 1.165) is 51.5 Å². The van der Waals surface area contributed by atoms with E-state index in [9.17, 15) is 4.79 Å². The zero-order valence-corrected chi connectivity index (χ0v) is 23.3. The van der Waals surface area contributed by atoms with Crippen molar-refractivity contribution in [3.8, 4) is 11.5 Å². The van der Waals surface area contributed by atoms with Gasteiger partial charge in [0.15, 0.2) is 5.60 Å². The molecule has 5 nitrogen and oxygen atoms in total. The molecule has 0 bridgehead atoms. The van der Waals surface area contributed by atoms with Crippen LogP contribution in [0.5, 0.6) is 11.5 Å². The summed E-state index contributed by atoms with van der Waals surface area (Å²) in [5.41, 5.74) is 8.05. The van der Waals surface area contributed by atoms with Crippen LogP contribution in [-0.2, 0) is 10.3 Å². The molecule has 0 aliphatic carbocycles. The molecule has 0 fully saturated rings. The molecule has 0 amide bonds. The van der Waals surface area contributed by atoms with Crippen LogP contribution >= 0.6 is 0 Å². The van der Waals surface area contributed by atoms with Crippen molar-refractivity contribution >= 4 is 28.7 Å². The van der Waals surface area contributed by atoms with Crippen LogP contribution in [0.1, 0.15) is 45.1 Å². The number of hydrogen-bond donors (Lipinski definition) is 1. The molecule has 1 spiro atoms. The number of anilines is 4. The van der Waals surface area contributed by atoms with Gasteiger partial charge in [-0.3, -0.25) is 0 Å².